The predicted molar refractivity (Wildman–Crippen MR) is 101 cm³/mol. The Balaban J connectivity index is 1.74. The molecule has 2 amide bonds. The molecular weight excluding hydrogens is 312 g/mol. The van der Waals surface area contributed by atoms with Crippen molar-refractivity contribution in [1.29, 1.82) is 0 Å². The zero-order valence-corrected chi connectivity index (χ0v) is 14.6. The van der Waals surface area contributed by atoms with Gasteiger partial charge in [-0.2, -0.15) is 0 Å². The van der Waals surface area contributed by atoms with E-state index in [4.69, 9.17) is 0 Å². The fourth-order valence-electron chi connectivity index (χ4n) is 3.12. The standard InChI is InChI=1S/C21H24N2O2/c1-2-3-7-16-11-13-17(14-12-16)21(25)22-18-8-4-5-9-19(18)23-15-6-10-20(23)24/h4-5,8-9,11-14H,2-3,6-7,10,15H2,1H3,(H,22,25). The molecule has 0 radical (unpaired) electrons. The number of benzene rings is 2. The Bertz CT molecular complexity index is 753. The van der Waals surface area contributed by atoms with Crippen LogP contribution in [0.2, 0.25) is 0 Å². The molecule has 4 nitrogen and oxygen atoms in total. The lowest BCUT2D eigenvalue weighted by molar-refractivity contribution is -0.117. The predicted octanol–water partition coefficient (Wildman–Crippen LogP) is 4.41. The summed E-state index contributed by atoms with van der Waals surface area (Å²) in [7, 11) is 0. The Kier molecular flexibility index (Phi) is 5.49. The lowest BCUT2D eigenvalue weighted by Gasteiger charge is -2.20. The maximum Gasteiger partial charge on any atom is 0.255 e. The molecule has 0 atom stereocenters. The third kappa shape index (κ3) is 4.08. The smallest absolute Gasteiger partial charge is 0.255 e. The molecule has 0 aromatic heterocycles. The minimum Gasteiger partial charge on any atom is -0.320 e. The zero-order valence-electron chi connectivity index (χ0n) is 14.6. The molecule has 1 N–H and O–H groups in total. The summed E-state index contributed by atoms with van der Waals surface area (Å²) in [5.41, 5.74) is 3.33. The average molecular weight is 336 g/mol. The Morgan fingerprint density at radius 3 is 2.56 bits per heavy atom. The van der Waals surface area contributed by atoms with E-state index in [2.05, 4.69) is 12.2 Å². The van der Waals surface area contributed by atoms with Gasteiger partial charge in [-0.1, -0.05) is 37.6 Å². The van der Waals surface area contributed by atoms with Crippen LogP contribution in [-0.2, 0) is 11.2 Å². The van der Waals surface area contributed by atoms with E-state index in [1.54, 1.807) is 4.90 Å². The van der Waals surface area contributed by atoms with Gasteiger partial charge in [0.25, 0.3) is 5.91 Å². The van der Waals surface area contributed by atoms with E-state index in [1.165, 1.54) is 5.56 Å². The maximum atomic E-state index is 12.6. The van der Waals surface area contributed by atoms with Gasteiger partial charge in [0.1, 0.15) is 0 Å². The van der Waals surface area contributed by atoms with Crippen molar-refractivity contribution in [3.05, 3.63) is 59.7 Å². The number of nitrogens with zero attached hydrogens (tertiary/aromatic N) is 1. The van der Waals surface area contributed by atoms with Crippen LogP contribution in [0.1, 0.15) is 48.5 Å². The number of anilines is 2. The van der Waals surface area contributed by atoms with E-state index in [-0.39, 0.29) is 11.8 Å². The van der Waals surface area contributed by atoms with Gasteiger partial charge in [-0.15, -0.1) is 0 Å². The molecule has 1 aliphatic rings. The second kappa shape index (κ2) is 7.97. The molecule has 4 heteroatoms. The first-order chi connectivity index (χ1) is 12.2. The first-order valence-corrected chi connectivity index (χ1v) is 8.98. The minimum absolute atomic E-state index is 0.113. The molecule has 0 aliphatic carbocycles. The van der Waals surface area contributed by atoms with Crippen molar-refractivity contribution in [3.8, 4) is 0 Å². The summed E-state index contributed by atoms with van der Waals surface area (Å²) in [6.45, 7) is 2.88. The molecule has 2 aromatic rings. The van der Waals surface area contributed by atoms with Crippen LogP contribution in [-0.4, -0.2) is 18.4 Å². The highest BCUT2D eigenvalue weighted by atomic mass is 16.2. The summed E-state index contributed by atoms with van der Waals surface area (Å²) in [4.78, 5) is 26.3. The molecular formula is C21H24N2O2. The molecule has 1 fully saturated rings. The molecule has 25 heavy (non-hydrogen) atoms. The van der Waals surface area contributed by atoms with Crippen molar-refractivity contribution in [2.45, 2.75) is 39.0 Å². The fraction of sp³-hybridized carbons (Fsp3) is 0.333. The van der Waals surface area contributed by atoms with Gasteiger partial charge in [0.15, 0.2) is 0 Å². The number of nitrogens with one attached hydrogen (secondary N) is 1. The van der Waals surface area contributed by atoms with Crippen molar-refractivity contribution < 1.29 is 9.59 Å². The lowest BCUT2D eigenvalue weighted by Crippen LogP contribution is -2.25. The molecule has 130 valence electrons. The number of aryl methyl sites for hydroxylation is 1. The van der Waals surface area contributed by atoms with E-state index in [9.17, 15) is 9.59 Å². The largest absolute Gasteiger partial charge is 0.320 e. The van der Waals surface area contributed by atoms with Crippen LogP contribution in [0.5, 0.6) is 0 Å². The number of hydrogen-bond donors (Lipinski definition) is 1. The Hall–Kier alpha value is -2.62. The van der Waals surface area contributed by atoms with Crippen molar-refractivity contribution in [2.24, 2.45) is 0 Å². The summed E-state index contributed by atoms with van der Waals surface area (Å²) in [5, 5.41) is 2.95. The Labute approximate surface area is 148 Å². The summed E-state index contributed by atoms with van der Waals surface area (Å²) in [6.07, 6.45) is 4.79. The van der Waals surface area contributed by atoms with Gasteiger partial charge in [0, 0.05) is 18.5 Å². The van der Waals surface area contributed by atoms with Crippen LogP contribution in [0.25, 0.3) is 0 Å². The van der Waals surface area contributed by atoms with Crippen molar-refractivity contribution in [3.63, 3.8) is 0 Å². The van der Waals surface area contributed by atoms with Gasteiger partial charge in [-0.25, -0.2) is 0 Å². The highest BCUT2D eigenvalue weighted by Crippen LogP contribution is 2.29. The van der Waals surface area contributed by atoms with Crippen molar-refractivity contribution in [1.82, 2.24) is 0 Å². The van der Waals surface area contributed by atoms with Gasteiger partial charge in [0.05, 0.1) is 11.4 Å². The van der Waals surface area contributed by atoms with Crippen molar-refractivity contribution >= 4 is 23.2 Å². The highest BCUT2D eigenvalue weighted by molar-refractivity contribution is 6.08. The van der Waals surface area contributed by atoms with Crippen LogP contribution >= 0.6 is 0 Å². The summed E-state index contributed by atoms with van der Waals surface area (Å²) >= 11 is 0. The highest BCUT2D eigenvalue weighted by Gasteiger charge is 2.24. The maximum absolute atomic E-state index is 12.6. The average Bonchev–Trinajstić information content (AvgIpc) is 3.06. The third-order valence-electron chi connectivity index (χ3n) is 4.55. The summed E-state index contributed by atoms with van der Waals surface area (Å²) < 4.78 is 0. The quantitative estimate of drug-likeness (QED) is 0.849. The molecule has 0 unspecified atom stereocenters. The second-order valence-corrected chi connectivity index (χ2v) is 6.42. The normalized spacial score (nSPS) is 14.0. The number of unbranched alkanes of at least 4 members (excludes halogenated alkanes) is 1. The van der Waals surface area contributed by atoms with Gasteiger partial charge in [0.2, 0.25) is 5.91 Å². The molecule has 2 aromatic carbocycles. The molecule has 1 heterocycles. The number of carbonyl (C=O) groups is 2. The first kappa shape index (κ1) is 17.2. The van der Waals surface area contributed by atoms with Gasteiger partial charge in [-0.3, -0.25) is 9.59 Å². The van der Waals surface area contributed by atoms with Crippen LogP contribution in [0.3, 0.4) is 0 Å². The van der Waals surface area contributed by atoms with E-state index in [0.717, 1.165) is 31.4 Å². The van der Waals surface area contributed by atoms with Gasteiger partial charge >= 0.3 is 0 Å². The number of para-hydroxylation sites is 2. The second-order valence-electron chi connectivity index (χ2n) is 6.42. The topological polar surface area (TPSA) is 49.4 Å². The van der Waals surface area contributed by atoms with Crippen LogP contribution < -0.4 is 10.2 Å². The molecule has 0 bridgehead atoms. The van der Waals surface area contributed by atoms with Crippen LogP contribution in [0, 0.1) is 0 Å². The monoisotopic (exact) mass is 336 g/mol. The van der Waals surface area contributed by atoms with Crippen molar-refractivity contribution in [2.75, 3.05) is 16.8 Å². The Morgan fingerprint density at radius 1 is 1.12 bits per heavy atom. The van der Waals surface area contributed by atoms with E-state index in [0.29, 0.717) is 24.2 Å². The number of carbonyl (C=O) groups excluding carboxylic acids is 2. The van der Waals surface area contributed by atoms with E-state index < -0.39 is 0 Å². The lowest BCUT2D eigenvalue weighted by atomic mass is 10.1. The first-order valence-electron chi connectivity index (χ1n) is 8.98. The summed E-state index contributed by atoms with van der Waals surface area (Å²) in [6, 6.07) is 15.2. The number of rotatable bonds is 6. The molecule has 0 saturated carbocycles. The number of amides is 2. The molecule has 1 saturated heterocycles. The fourth-order valence-corrected chi connectivity index (χ4v) is 3.12. The molecule has 1 aliphatic heterocycles. The SMILES string of the molecule is CCCCc1ccc(C(=O)Nc2ccccc2N2CCCC2=O)cc1. The van der Waals surface area contributed by atoms with E-state index >= 15 is 0 Å². The molecule has 0 spiro atoms. The Morgan fingerprint density at radius 2 is 1.88 bits per heavy atom. The van der Waals surface area contributed by atoms with Gasteiger partial charge in [-0.05, 0) is 49.1 Å². The number of hydrogen-bond acceptors (Lipinski definition) is 2. The zero-order chi connectivity index (χ0) is 17.6. The van der Waals surface area contributed by atoms with Crippen LogP contribution in [0.4, 0.5) is 11.4 Å². The summed E-state index contributed by atoms with van der Waals surface area (Å²) in [5.74, 6) is -0.0388. The molecule has 3 rings (SSSR count). The third-order valence-corrected chi connectivity index (χ3v) is 4.55. The van der Waals surface area contributed by atoms with Gasteiger partial charge < -0.3 is 10.2 Å². The van der Waals surface area contributed by atoms with E-state index in [1.807, 2.05) is 48.5 Å². The minimum atomic E-state index is -0.152. The van der Waals surface area contributed by atoms with Crippen LogP contribution in [0.15, 0.2) is 48.5 Å².